The van der Waals surface area contributed by atoms with Crippen LogP contribution < -0.4 is 11.1 Å². The zero-order chi connectivity index (χ0) is 15.2. The van der Waals surface area contributed by atoms with E-state index in [1.54, 1.807) is 0 Å². The molecule has 0 bridgehead atoms. The van der Waals surface area contributed by atoms with Crippen LogP contribution in [0.2, 0.25) is 0 Å². The summed E-state index contributed by atoms with van der Waals surface area (Å²) < 4.78 is 41.2. The first-order valence-corrected chi connectivity index (χ1v) is 7.52. The molecule has 1 atom stereocenters. The number of amides is 1. The predicted molar refractivity (Wildman–Crippen MR) is 71.3 cm³/mol. The molecule has 3 N–H and O–H groups in total. The molecule has 0 fully saturated rings. The Hall–Kier alpha value is -1.51. The normalized spacial score (nSPS) is 12.9. The van der Waals surface area contributed by atoms with E-state index in [1.807, 2.05) is 0 Å². The summed E-state index contributed by atoms with van der Waals surface area (Å²) in [7, 11) is -2.16. The molecule has 0 radical (unpaired) electrons. The van der Waals surface area contributed by atoms with Crippen molar-refractivity contribution >= 4 is 15.7 Å². The molecule has 6 nitrogen and oxygen atoms in total. The van der Waals surface area contributed by atoms with Crippen molar-refractivity contribution in [2.45, 2.75) is 10.9 Å². The highest BCUT2D eigenvalue weighted by atomic mass is 32.2. The first-order valence-electron chi connectivity index (χ1n) is 5.87. The van der Waals surface area contributed by atoms with Crippen molar-refractivity contribution in [1.29, 1.82) is 0 Å². The number of ether oxygens (including phenoxy) is 1. The summed E-state index contributed by atoms with van der Waals surface area (Å²) in [5.41, 5.74) is 5.48. The Bertz CT molecular complexity index is 545. The average molecular weight is 304 g/mol. The minimum atomic E-state index is -3.56. The molecule has 1 unspecified atom stereocenters. The third kappa shape index (κ3) is 4.87. The third-order valence-corrected chi connectivity index (χ3v) is 4.26. The van der Waals surface area contributed by atoms with E-state index in [1.165, 1.54) is 19.2 Å². The highest BCUT2D eigenvalue weighted by molar-refractivity contribution is 7.91. The maximum Gasteiger partial charge on any atom is 0.239 e. The number of methoxy groups -OCH3 is 1. The molecule has 1 rings (SSSR count). The van der Waals surface area contributed by atoms with E-state index in [0.29, 0.717) is 0 Å². The maximum atomic E-state index is 12.7. The van der Waals surface area contributed by atoms with Gasteiger partial charge in [0.05, 0.1) is 17.3 Å². The molecule has 8 heteroatoms. The van der Waals surface area contributed by atoms with Crippen LogP contribution >= 0.6 is 0 Å². The number of rotatable bonds is 7. The Kier molecular flexibility index (Phi) is 6.05. The lowest BCUT2D eigenvalue weighted by molar-refractivity contribution is -0.123. The molecule has 0 heterocycles. The van der Waals surface area contributed by atoms with E-state index < -0.39 is 27.6 Å². The fourth-order valence-electron chi connectivity index (χ4n) is 1.45. The largest absolute Gasteiger partial charge is 0.383 e. The number of hydrogen-bond donors (Lipinski definition) is 2. The highest BCUT2D eigenvalue weighted by Crippen LogP contribution is 2.11. The Morgan fingerprint density at radius 2 is 2.00 bits per heavy atom. The Balaban J connectivity index is 2.52. The monoisotopic (exact) mass is 304 g/mol. The van der Waals surface area contributed by atoms with E-state index in [4.69, 9.17) is 10.5 Å². The van der Waals surface area contributed by atoms with Gasteiger partial charge in [-0.2, -0.15) is 0 Å². The molecule has 0 spiro atoms. The van der Waals surface area contributed by atoms with Crippen LogP contribution in [0.5, 0.6) is 0 Å². The van der Waals surface area contributed by atoms with Crippen LogP contribution in [0.4, 0.5) is 4.39 Å². The number of halogens is 1. The van der Waals surface area contributed by atoms with Gasteiger partial charge >= 0.3 is 0 Å². The molecule has 0 aliphatic heterocycles. The van der Waals surface area contributed by atoms with E-state index in [9.17, 15) is 17.6 Å². The van der Waals surface area contributed by atoms with Gasteiger partial charge in [-0.05, 0) is 24.3 Å². The van der Waals surface area contributed by atoms with E-state index in [0.717, 1.165) is 12.1 Å². The molecule has 112 valence electrons. The number of nitrogens with two attached hydrogens (primary N) is 1. The third-order valence-electron chi connectivity index (χ3n) is 2.53. The minimum absolute atomic E-state index is 0.00865. The van der Waals surface area contributed by atoms with Crippen LogP contribution in [0.3, 0.4) is 0 Å². The van der Waals surface area contributed by atoms with Crippen molar-refractivity contribution in [3.05, 3.63) is 30.1 Å². The van der Waals surface area contributed by atoms with Gasteiger partial charge in [-0.25, -0.2) is 12.8 Å². The van der Waals surface area contributed by atoms with Crippen molar-refractivity contribution in [2.75, 3.05) is 26.0 Å². The molecule has 1 amide bonds. The van der Waals surface area contributed by atoms with Crippen LogP contribution in [0, 0.1) is 5.82 Å². The summed E-state index contributed by atoms with van der Waals surface area (Å²) in [5, 5.41) is 2.41. The first-order chi connectivity index (χ1) is 9.36. The van der Waals surface area contributed by atoms with Gasteiger partial charge in [-0.15, -0.1) is 0 Å². The minimum Gasteiger partial charge on any atom is -0.383 e. The van der Waals surface area contributed by atoms with Crippen molar-refractivity contribution in [2.24, 2.45) is 5.73 Å². The van der Waals surface area contributed by atoms with Gasteiger partial charge in [-0.1, -0.05) is 0 Å². The molecule has 0 saturated heterocycles. The molecule has 0 aromatic heterocycles. The summed E-state index contributed by atoms with van der Waals surface area (Å²) in [6.45, 7) is -0.0213. The van der Waals surface area contributed by atoms with Gasteiger partial charge in [0, 0.05) is 13.7 Å². The molecule has 0 saturated carbocycles. The van der Waals surface area contributed by atoms with Gasteiger partial charge < -0.3 is 15.8 Å². The van der Waals surface area contributed by atoms with Gasteiger partial charge in [0.1, 0.15) is 11.9 Å². The summed E-state index contributed by atoms with van der Waals surface area (Å²) >= 11 is 0. The second-order valence-electron chi connectivity index (χ2n) is 4.13. The van der Waals surface area contributed by atoms with E-state index in [-0.39, 0.29) is 23.8 Å². The zero-order valence-corrected chi connectivity index (χ0v) is 11.8. The second kappa shape index (κ2) is 7.32. The van der Waals surface area contributed by atoms with Crippen LogP contribution in [0.25, 0.3) is 0 Å². The second-order valence-corrected chi connectivity index (χ2v) is 6.23. The topological polar surface area (TPSA) is 98.5 Å². The lowest BCUT2D eigenvalue weighted by atomic mass is 10.3. The van der Waals surface area contributed by atoms with Gasteiger partial charge in [0.15, 0.2) is 9.84 Å². The van der Waals surface area contributed by atoms with Crippen LogP contribution in [-0.4, -0.2) is 46.4 Å². The highest BCUT2D eigenvalue weighted by Gasteiger charge is 2.17. The zero-order valence-electron chi connectivity index (χ0n) is 11.0. The molecule has 0 aliphatic rings. The summed E-state index contributed by atoms with van der Waals surface area (Å²) in [5.74, 6) is -1.28. The number of carbonyl (C=O) groups excluding carboxylic acids is 1. The van der Waals surface area contributed by atoms with Gasteiger partial charge in [-0.3, -0.25) is 4.79 Å². The lowest BCUT2D eigenvalue weighted by Crippen LogP contribution is -2.44. The molecular formula is C12H17FN2O4S. The smallest absolute Gasteiger partial charge is 0.239 e. The van der Waals surface area contributed by atoms with Gasteiger partial charge in [0.25, 0.3) is 0 Å². The quantitative estimate of drug-likeness (QED) is 0.673. The Morgan fingerprint density at radius 3 is 2.55 bits per heavy atom. The predicted octanol–water partition coefficient (Wildman–Crippen LogP) is -0.311. The summed E-state index contributed by atoms with van der Waals surface area (Å²) in [6, 6.07) is 3.67. The number of benzene rings is 1. The maximum absolute atomic E-state index is 12.7. The fraction of sp³-hybridized carbons (Fsp3) is 0.417. The molecule has 0 aliphatic carbocycles. The van der Waals surface area contributed by atoms with Crippen LogP contribution in [0.1, 0.15) is 0 Å². The van der Waals surface area contributed by atoms with Crippen molar-refractivity contribution in [1.82, 2.24) is 5.32 Å². The Morgan fingerprint density at radius 1 is 1.40 bits per heavy atom. The van der Waals surface area contributed by atoms with Crippen molar-refractivity contribution in [3.8, 4) is 0 Å². The van der Waals surface area contributed by atoms with E-state index >= 15 is 0 Å². The standard InChI is InChI=1S/C12H17FN2O4S/c1-19-8-11(14)12(16)15-6-7-20(17,18)10-4-2-9(13)3-5-10/h2-5,11H,6-8,14H2,1H3,(H,15,16). The van der Waals surface area contributed by atoms with Crippen LogP contribution in [0.15, 0.2) is 29.2 Å². The SMILES string of the molecule is COCC(N)C(=O)NCCS(=O)(=O)c1ccc(F)cc1. The van der Waals surface area contributed by atoms with Crippen molar-refractivity contribution < 1.29 is 22.3 Å². The molecule has 20 heavy (non-hydrogen) atoms. The Labute approximate surface area is 117 Å². The number of nitrogens with one attached hydrogen (secondary N) is 1. The fourth-order valence-corrected chi connectivity index (χ4v) is 2.61. The number of hydrogen-bond acceptors (Lipinski definition) is 5. The van der Waals surface area contributed by atoms with Gasteiger partial charge in [0.2, 0.25) is 5.91 Å². The molecular weight excluding hydrogens is 287 g/mol. The lowest BCUT2D eigenvalue weighted by Gasteiger charge is -2.11. The summed E-state index contributed by atoms with van der Waals surface area (Å²) in [4.78, 5) is 11.4. The molecule has 1 aromatic carbocycles. The number of carbonyl (C=O) groups is 1. The average Bonchev–Trinajstić information content (AvgIpc) is 2.39. The molecule has 1 aromatic rings. The number of sulfone groups is 1. The first kappa shape index (κ1) is 16.5. The summed E-state index contributed by atoms with van der Waals surface area (Å²) in [6.07, 6.45) is 0. The van der Waals surface area contributed by atoms with E-state index in [2.05, 4.69) is 5.32 Å². The van der Waals surface area contributed by atoms with Crippen molar-refractivity contribution in [3.63, 3.8) is 0 Å². The van der Waals surface area contributed by atoms with Crippen LogP contribution in [-0.2, 0) is 19.4 Å².